The topological polar surface area (TPSA) is 13.1 Å². The van der Waals surface area contributed by atoms with E-state index in [4.69, 9.17) is 4.42 Å². The molecule has 0 bridgehead atoms. The van der Waals surface area contributed by atoms with Crippen molar-refractivity contribution in [2.24, 2.45) is 0 Å². The van der Waals surface area contributed by atoms with Crippen molar-refractivity contribution in [1.29, 1.82) is 0 Å². The molecule has 0 atom stereocenters. The summed E-state index contributed by atoms with van der Waals surface area (Å²) >= 11 is 0. The fourth-order valence-electron chi connectivity index (χ4n) is 7.89. The molecule has 1 nitrogen and oxygen atoms in total. The van der Waals surface area contributed by atoms with Gasteiger partial charge in [0, 0.05) is 10.8 Å². The second-order valence-electron chi connectivity index (χ2n) is 12.8. The van der Waals surface area contributed by atoms with E-state index in [0.717, 1.165) is 27.5 Å². The Kier molecular flexibility index (Phi) is 6.25. The fraction of sp³-hybridized carbons (Fsp3) is 0. The van der Waals surface area contributed by atoms with Crippen molar-refractivity contribution in [1.82, 2.24) is 0 Å². The Bertz CT molecular complexity index is 2820. The first-order chi connectivity index (χ1) is 24.3. The van der Waals surface area contributed by atoms with Gasteiger partial charge in [-0.1, -0.05) is 158 Å². The Morgan fingerprint density at radius 1 is 0.265 bits per heavy atom. The highest BCUT2D eigenvalue weighted by Gasteiger charge is 2.21. The third-order valence-corrected chi connectivity index (χ3v) is 10.1. The van der Waals surface area contributed by atoms with Crippen LogP contribution in [0.1, 0.15) is 0 Å². The molecule has 0 unspecified atom stereocenters. The van der Waals surface area contributed by atoms with Crippen molar-refractivity contribution in [2.75, 3.05) is 0 Å². The molecule has 1 aromatic heterocycles. The molecule has 9 aromatic carbocycles. The molecule has 0 saturated heterocycles. The predicted molar refractivity (Wildman–Crippen MR) is 208 cm³/mol. The number of rotatable bonds is 4. The summed E-state index contributed by atoms with van der Waals surface area (Å²) in [6, 6.07) is 65.9. The van der Waals surface area contributed by atoms with Crippen LogP contribution in [0, 0.1) is 0 Å². The van der Waals surface area contributed by atoms with Crippen LogP contribution >= 0.6 is 0 Å². The minimum atomic E-state index is 0.908. The number of fused-ring (bicyclic) bond motifs is 6. The summed E-state index contributed by atoms with van der Waals surface area (Å²) in [4.78, 5) is 0. The summed E-state index contributed by atoms with van der Waals surface area (Å²) < 4.78 is 6.38. The molecule has 1 heterocycles. The second kappa shape index (κ2) is 11.1. The molecule has 0 radical (unpaired) electrons. The summed E-state index contributed by atoms with van der Waals surface area (Å²) in [6.07, 6.45) is 0. The molecule has 0 spiro atoms. The molecule has 0 saturated carbocycles. The van der Waals surface area contributed by atoms with Crippen molar-refractivity contribution in [3.8, 4) is 44.5 Å². The number of hydrogen-bond donors (Lipinski definition) is 0. The van der Waals surface area contributed by atoms with Crippen molar-refractivity contribution in [3.63, 3.8) is 0 Å². The van der Waals surface area contributed by atoms with Gasteiger partial charge in [-0.2, -0.15) is 0 Å². The maximum Gasteiger partial charge on any atom is 0.136 e. The smallest absolute Gasteiger partial charge is 0.136 e. The quantitative estimate of drug-likeness (QED) is 0.178. The van der Waals surface area contributed by atoms with Gasteiger partial charge in [-0.25, -0.2) is 0 Å². The average Bonchev–Trinajstić information content (AvgIpc) is 3.55. The van der Waals surface area contributed by atoms with Gasteiger partial charge in [-0.05, 0) is 101 Å². The van der Waals surface area contributed by atoms with Gasteiger partial charge < -0.3 is 4.42 Å². The van der Waals surface area contributed by atoms with E-state index in [9.17, 15) is 0 Å². The summed E-state index contributed by atoms with van der Waals surface area (Å²) in [5, 5.41) is 9.69. The molecule has 1 heteroatoms. The standard InChI is InChI=1S/C48H30O/c1-2-13-31(14-3-1)33-16-12-17-34(29-33)46-36-18-5-4-15-32(36)25-28-43(46)48-41-22-8-6-20-39(41)47(40-21-7-9-23-42(40)48)35-26-27-38-37-19-10-11-24-44(37)49-45(38)30-35/h1-30H. The van der Waals surface area contributed by atoms with Gasteiger partial charge in [0.2, 0.25) is 0 Å². The first-order valence-electron chi connectivity index (χ1n) is 16.8. The van der Waals surface area contributed by atoms with Crippen LogP contribution in [0.5, 0.6) is 0 Å². The summed E-state index contributed by atoms with van der Waals surface area (Å²) in [5.41, 5.74) is 11.6. The van der Waals surface area contributed by atoms with Crippen LogP contribution in [-0.4, -0.2) is 0 Å². The third-order valence-electron chi connectivity index (χ3n) is 10.1. The molecule has 10 rings (SSSR count). The van der Waals surface area contributed by atoms with E-state index >= 15 is 0 Å². The highest BCUT2D eigenvalue weighted by Crippen LogP contribution is 2.48. The van der Waals surface area contributed by atoms with Crippen molar-refractivity contribution < 1.29 is 4.42 Å². The van der Waals surface area contributed by atoms with Crippen LogP contribution in [0.2, 0.25) is 0 Å². The van der Waals surface area contributed by atoms with Crippen LogP contribution < -0.4 is 0 Å². The van der Waals surface area contributed by atoms with E-state index in [2.05, 4.69) is 170 Å². The lowest BCUT2D eigenvalue weighted by molar-refractivity contribution is 0.669. The number of benzene rings is 9. The van der Waals surface area contributed by atoms with E-state index in [1.165, 1.54) is 71.3 Å². The van der Waals surface area contributed by atoms with Crippen LogP contribution in [0.15, 0.2) is 186 Å². The molecule has 0 aliphatic carbocycles. The minimum absolute atomic E-state index is 0.908. The molecule has 10 aromatic rings. The number of hydrogen-bond acceptors (Lipinski definition) is 1. The van der Waals surface area contributed by atoms with Crippen LogP contribution in [-0.2, 0) is 0 Å². The predicted octanol–water partition coefficient (Wildman–Crippen LogP) is 13.7. The molecule has 49 heavy (non-hydrogen) atoms. The third kappa shape index (κ3) is 4.40. The SMILES string of the molecule is c1ccc(-c2cccc(-c3c(-c4c5ccccc5c(-c5ccc6c(c5)oc5ccccc56)c5ccccc45)ccc4ccccc34)c2)cc1. The zero-order valence-corrected chi connectivity index (χ0v) is 26.7. The fourth-order valence-corrected chi connectivity index (χ4v) is 7.89. The Balaban J connectivity index is 1.29. The van der Waals surface area contributed by atoms with Crippen LogP contribution in [0.3, 0.4) is 0 Å². The molecule has 0 aliphatic heterocycles. The van der Waals surface area contributed by atoms with E-state index in [1.54, 1.807) is 0 Å². The van der Waals surface area contributed by atoms with Gasteiger partial charge in [0.25, 0.3) is 0 Å². The van der Waals surface area contributed by atoms with E-state index in [0.29, 0.717) is 0 Å². The molecule has 228 valence electrons. The van der Waals surface area contributed by atoms with E-state index in [-0.39, 0.29) is 0 Å². The summed E-state index contributed by atoms with van der Waals surface area (Å²) in [5.74, 6) is 0. The molecular formula is C48H30O. The number of furan rings is 1. The minimum Gasteiger partial charge on any atom is -0.456 e. The van der Waals surface area contributed by atoms with Crippen molar-refractivity contribution in [3.05, 3.63) is 182 Å². The average molecular weight is 623 g/mol. The Morgan fingerprint density at radius 3 is 1.57 bits per heavy atom. The lowest BCUT2D eigenvalue weighted by Gasteiger charge is -2.21. The Hall–Kier alpha value is -6.44. The molecule has 0 amide bonds. The van der Waals surface area contributed by atoms with Gasteiger partial charge in [0.15, 0.2) is 0 Å². The molecule has 0 fully saturated rings. The summed E-state index contributed by atoms with van der Waals surface area (Å²) in [6.45, 7) is 0. The zero-order valence-electron chi connectivity index (χ0n) is 26.7. The largest absolute Gasteiger partial charge is 0.456 e. The van der Waals surface area contributed by atoms with Gasteiger partial charge in [-0.3, -0.25) is 0 Å². The maximum absolute atomic E-state index is 6.38. The lowest BCUT2D eigenvalue weighted by Crippen LogP contribution is -1.94. The normalized spacial score (nSPS) is 11.7. The van der Waals surface area contributed by atoms with Gasteiger partial charge in [0.1, 0.15) is 11.2 Å². The van der Waals surface area contributed by atoms with Crippen LogP contribution in [0.25, 0.3) is 98.8 Å². The monoisotopic (exact) mass is 622 g/mol. The van der Waals surface area contributed by atoms with Crippen LogP contribution in [0.4, 0.5) is 0 Å². The van der Waals surface area contributed by atoms with Crippen molar-refractivity contribution in [2.45, 2.75) is 0 Å². The first kappa shape index (κ1) is 27.7. The zero-order chi connectivity index (χ0) is 32.3. The van der Waals surface area contributed by atoms with E-state index < -0.39 is 0 Å². The van der Waals surface area contributed by atoms with Gasteiger partial charge in [0.05, 0.1) is 0 Å². The number of para-hydroxylation sites is 1. The van der Waals surface area contributed by atoms with Gasteiger partial charge in [-0.15, -0.1) is 0 Å². The molecule has 0 N–H and O–H groups in total. The summed E-state index contributed by atoms with van der Waals surface area (Å²) in [7, 11) is 0. The second-order valence-corrected chi connectivity index (χ2v) is 12.8. The highest BCUT2D eigenvalue weighted by molar-refractivity contribution is 6.24. The maximum atomic E-state index is 6.38. The highest BCUT2D eigenvalue weighted by atomic mass is 16.3. The molecule has 0 aliphatic rings. The van der Waals surface area contributed by atoms with Gasteiger partial charge >= 0.3 is 0 Å². The lowest BCUT2D eigenvalue weighted by atomic mass is 9.82. The Morgan fingerprint density at radius 2 is 0.816 bits per heavy atom. The van der Waals surface area contributed by atoms with Crippen molar-refractivity contribution >= 4 is 54.3 Å². The molecular weight excluding hydrogens is 593 g/mol. The first-order valence-corrected chi connectivity index (χ1v) is 16.8. The van der Waals surface area contributed by atoms with E-state index in [1.807, 2.05) is 12.1 Å². The Labute approximate surface area is 284 Å².